The summed E-state index contributed by atoms with van der Waals surface area (Å²) in [6.45, 7) is 1.41. The molecule has 0 aromatic heterocycles. The van der Waals surface area contributed by atoms with Gasteiger partial charge in [-0.2, -0.15) is 0 Å². The van der Waals surface area contributed by atoms with Crippen LogP contribution in [0.5, 0.6) is 11.5 Å². The molecule has 2 aromatic rings. The molecule has 0 atom stereocenters. The van der Waals surface area contributed by atoms with Crippen LogP contribution in [0.2, 0.25) is 5.02 Å². The standard InChI is InChI=1S/C18H19ClN2O4/c1-11(22)20-14-5-7-17(25-3)15(10-14)21-18(23)9-12-8-13(19)4-6-16(12)24-2/h4-8,10H,9H2,1-3H3,(H,20,22)(H,21,23). The predicted octanol–water partition coefficient (Wildman–Crippen LogP) is 3.50. The van der Waals surface area contributed by atoms with E-state index in [9.17, 15) is 9.59 Å². The maximum absolute atomic E-state index is 12.4. The minimum atomic E-state index is -0.265. The van der Waals surface area contributed by atoms with Gasteiger partial charge < -0.3 is 20.1 Å². The van der Waals surface area contributed by atoms with Crippen LogP contribution < -0.4 is 20.1 Å². The van der Waals surface area contributed by atoms with E-state index in [4.69, 9.17) is 21.1 Å². The average molecular weight is 363 g/mol. The second-order valence-electron chi connectivity index (χ2n) is 5.28. The zero-order chi connectivity index (χ0) is 18.4. The van der Waals surface area contributed by atoms with E-state index in [1.165, 1.54) is 21.1 Å². The molecule has 6 nitrogen and oxygen atoms in total. The number of halogens is 1. The number of ether oxygens (including phenoxy) is 2. The number of hydrogen-bond acceptors (Lipinski definition) is 4. The first-order valence-electron chi connectivity index (χ1n) is 7.51. The SMILES string of the molecule is COc1ccc(Cl)cc1CC(=O)Nc1cc(NC(C)=O)ccc1OC. The number of rotatable bonds is 6. The number of carbonyl (C=O) groups excluding carboxylic acids is 2. The van der Waals surface area contributed by atoms with Crippen LogP contribution >= 0.6 is 11.6 Å². The molecule has 0 unspecified atom stereocenters. The Morgan fingerprint density at radius 1 is 1.00 bits per heavy atom. The van der Waals surface area contributed by atoms with Crippen LogP contribution in [0.15, 0.2) is 36.4 Å². The zero-order valence-electron chi connectivity index (χ0n) is 14.2. The summed E-state index contributed by atoms with van der Waals surface area (Å²) in [6.07, 6.45) is 0.0806. The Labute approximate surface area is 151 Å². The van der Waals surface area contributed by atoms with Gasteiger partial charge in [-0.3, -0.25) is 9.59 Å². The van der Waals surface area contributed by atoms with Crippen LogP contribution in [0.1, 0.15) is 12.5 Å². The van der Waals surface area contributed by atoms with Crippen LogP contribution in [0, 0.1) is 0 Å². The van der Waals surface area contributed by atoms with E-state index in [1.54, 1.807) is 36.4 Å². The van der Waals surface area contributed by atoms with Crippen molar-refractivity contribution in [3.63, 3.8) is 0 Å². The topological polar surface area (TPSA) is 76.7 Å². The largest absolute Gasteiger partial charge is 0.496 e. The first-order valence-corrected chi connectivity index (χ1v) is 7.88. The monoisotopic (exact) mass is 362 g/mol. The van der Waals surface area contributed by atoms with Gasteiger partial charge in [-0.15, -0.1) is 0 Å². The molecule has 132 valence electrons. The molecule has 2 amide bonds. The Kier molecular flexibility index (Phi) is 6.25. The lowest BCUT2D eigenvalue weighted by Crippen LogP contribution is -2.16. The van der Waals surface area contributed by atoms with Gasteiger partial charge >= 0.3 is 0 Å². The molecule has 2 rings (SSSR count). The van der Waals surface area contributed by atoms with Crippen LogP contribution in [0.3, 0.4) is 0 Å². The van der Waals surface area contributed by atoms with Crippen molar-refractivity contribution in [2.24, 2.45) is 0 Å². The van der Waals surface area contributed by atoms with Crippen molar-refractivity contribution < 1.29 is 19.1 Å². The Balaban J connectivity index is 2.19. The number of nitrogens with one attached hydrogen (secondary N) is 2. The molecule has 0 saturated carbocycles. The Morgan fingerprint density at radius 3 is 2.32 bits per heavy atom. The molecule has 0 fully saturated rings. The summed E-state index contributed by atoms with van der Waals surface area (Å²) in [7, 11) is 3.04. The lowest BCUT2D eigenvalue weighted by Gasteiger charge is -2.13. The van der Waals surface area contributed by atoms with E-state index >= 15 is 0 Å². The first-order chi connectivity index (χ1) is 11.9. The molecule has 25 heavy (non-hydrogen) atoms. The maximum atomic E-state index is 12.4. The Hall–Kier alpha value is -2.73. The van der Waals surface area contributed by atoms with Gasteiger partial charge in [0.2, 0.25) is 11.8 Å². The summed E-state index contributed by atoms with van der Waals surface area (Å²) < 4.78 is 10.5. The molecule has 0 aliphatic carbocycles. The summed E-state index contributed by atoms with van der Waals surface area (Å²) in [6, 6.07) is 10.1. The molecule has 7 heteroatoms. The van der Waals surface area contributed by atoms with E-state index in [2.05, 4.69) is 10.6 Å². The summed E-state index contributed by atoms with van der Waals surface area (Å²) in [4.78, 5) is 23.6. The fraction of sp³-hybridized carbons (Fsp3) is 0.222. The van der Waals surface area contributed by atoms with E-state index in [-0.39, 0.29) is 18.2 Å². The second-order valence-corrected chi connectivity index (χ2v) is 5.71. The molecule has 2 N–H and O–H groups in total. The first kappa shape index (κ1) is 18.6. The third-order valence-corrected chi connectivity index (χ3v) is 3.62. The van der Waals surface area contributed by atoms with Gasteiger partial charge in [0.1, 0.15) is 11.5 Å². The van der Waals surface area contributed by atoms with Crippen LogP contribution in [-0.2, 0) is 16.0 Å². The smallest absolute Gasteiger partial charge is 0.229 e. The second kappa shape index (κ2) is 8.39. The van der Waals surface area contributed by atoms with E-state index in [1.807, 2.05) is 0 Å². The third-order valence-electron chi connectivity index (χ3n) is 3.39. The molecule has 0 saturated heterocycles. The molecule has 0 spiro atoms. The van der Waals surface area contributed by atoms with Gasteiger partial charge in [-0.1, -0.05) is 11.6 Å². The number of benzene rings is 2. The van der Waals surface area contributed by atoms with Gasteiger partial charge in [0, 0.05) is 23.2 Å². The van der Waals surface area contributed by atoms with Gasteiger partial charge in [-0.05, 0) is 36.4 Å². The highest BCUT2D eigenvalue weighted by Gasteiger charge is 2.13. The summed E-state index contributed by atoms with van der Waals surface area (Å²) in [5, 5.41) is 5.96. The van der Waals surface area contributed by atoms with Crippen LogP contribution in [0.4, 0.5) is 11.4 Å². The fourth-order valence-corrected chi connectivity index (χ4v) is 2.53. The summed E-state index contributed by atoms with van der Waals surface area (Å²) in [5.74, 6) is 0.601. The van der Waals surface area contributed by atoms with E-state index < -0.39 is 0 Å². The van der Waals surface area contributed by atoms with Crippen LogP contribution in [0.25, 0.3) is 0 Å². The number of amides is 2. The number of carbonyl (C=O) groups is 2. The van der Waals surface area contributed by atoms with Gasteiger partial charge in [0.25, 0.3) is 0 Å². The molecule has 0 aliphatic heterocycles. The Bertz CT molecular complexity index is 793. The van der Waals surface area contributed by atoms with Crippen molar-refractivity contribution >= 4 is 34.8 Å². The predicted molar refractivity (Wildman–Crippen MR) is 97.6 cm³/mol. The molecular formula is C18H19ClN2O4. The van der Waals surface area contributed by atoms with E-state index in [0.29, 0.717) is 33.5 Å². The maximum Gasteiger partial charge on any atom is 0.229 e. The van der Waals surface area contributed by atoms with Gasteiger partial charge in [-0.25, -0.2) is 0 Å². The number of methoxy groups -OCH3 is 2. The van der Waals surface area contributed by atoms with Crippen molar-refractivity contribution in [1.29, 1.82) is 0 Å². The fourth-order valence-electron chi connectivity index (χ4n) is 2.34. The van der Waals surface area contributed by atoms with Crippen molar-refractivity contribution in [2.45, 2.75) is 13.3 Å². The molecular weight excluding hydrogens is 344 g/mol. The normalized spacial score (nSPS) is 10.1. The molecule has 0 radical (unpaired) electrons. The quantitative estimate of drug-likeness (QED) is 0.824. The summed E-state index contributed by atoms with van der Waals surface area (Å²) in [5.41, 5.74) is 1.69. The number of hydrogen-bond donors (Lipinski definition) is 2. The summed E-state index contributed by atoms with van der Waals surface area (Å²) >= 11 is 5.99. The zero-order valence-corrected chi connectivity index (χ0v) is 14.9. The highest BCUT2D eigenvalue weighted by Crippen LogP contribution is 2.29. The third kappa shape index (κ3) is 5.12. The lowest BCUT2D eigenvalue weighted by atomic mass is 10.1. The van der Waals surface area contributed by atoms with Crippen molar-refractivity contribution in [3.8, 4) is 11.5 Å². The molecule has 0 bridgehead atoms. The molecule has 0 aliphatic rings. The highest BCUT2D eigenvalue weighted by atomic mass is 35.5. The number of anilines is 2. The minimum Gasteiger partial charge on any atom is -0.496 e. The lowest BCUT2D eigenvalue weighted by molar-refractivity contribution is -0.116. The Morgan fingerprint density at radius 2 is 1.68 bits per heavy atom. The van der Waals surface area contributed by atoms with Crippen LogP contribution in [-0.4, -0.2) is 26.0 Å². The van der Waals surface area contributed by atoms with Gasteiger partial charge in [0.15, 0.2) is 0 Å². The molecule has 2 aromatic carbocycles. The van der Waals surface area contributed by atoms with E-state index in [0.717, 1.165) is 0 Å². The van der Waals surface area contributed by atoms with Crippen molar-refractivity contribution in [3.05, 3.63) is 47.0 Å². The van der Waals surface area contributed by atoms with Crippen molar-refractivity contribution in [2.75, 3.05) is 24.9 Å². The molecule has 0 heterocycles. The highest BCUT2D eigenvalue weighted by molar-refractivity contribution is 6.30. The minimum absolute atomic E-state index is 0.0806. The van der Waals surface area contributed by atoms with Crippen molar-refractivity contribution in [1.82, 2.24) is 0 Å². The van der Waals surface area contributed by atoms with Gasteiger partial charge in [0.05, 0.1) is 26.3 Å². The average Bonchev–Trinajstić information content (AvgIpc) is 2.54.